The summed E-state index contributed by atoms with van der Waals surface area (Å²) in [7, 11) is 0. The molecule has 0 N–H and O–H groups in total. The molecule has 8 nitrogen and oxygen atoms in total. The van der Waals surface area contributed by atoms with E-state index in [0.717, 1.165) is 19.3 Å². The number of piperidine rings is 1. The van der Waals surface area contributed by atoms with Crippen LogP contribution in [0.2, 0.25) is 0 Å². The fourth-order valence-corrected chi connectivity index (χ4v) is 11.6. The van der Waals surface area contributed by atoms with Crippen molar-refractivity contribution < 1.29 is 33.4 Å². The van der Waals surface area contributed by atoms with E-state index in [9.17, 15) is 14.4 Å². The minimum absolute atomic E-state index is 0.0367. The fourth-order valence-electron chi connectivity index (χ4n) is 11.6. The van der Waals surface area contributed by atoms with Gasteiger partial charge >= 0.3 is 5.97 Å². The summed E-state index contributed by atoms with van der Waals surface area (Å²) in [6.07, 6.45) is 4.47. The lowest BCUT2D eigenvalue weighted by molar-refractivity contribution is -0.279. The Bertz CT molecular complexity index is 1200. The molecule has 0 radical (unpaired) electrons. The average molecular weight is 526 g/mol. The van der Waals surface area contributed by atoms with E-state index in [0.29, 0.717) is 25.3 Å². The second kappa shape index (κ2) is 6.98. The molecule has 5 saturated heterocycles. The molecule has 0 amide bonds. The van der Waals surface area contributed by atoms with Crippen LogP contribution in [0.3, 0.4) is 0 Å². The van der Waals surface area contributed by atoms with Gasteiger partial charge in [-0.05, 0) is 50.9 Å². The van der Waals surface area contributed by atoms with E-state index in [4.69, 9.17) is 14.2 Å². The fraction of sp³-hybridized carbons (Fsp3) is 0.867. The maximum absolute atomic E-state index is 15.4. The molecule has 0 aromatic heterocycles. The summed E-state index contributed by atoms with van der Waals surface area (Å²) >= 11 is 0. The van der Waals surface area contributed by atoms with Crippen LogP contribution in [0.25, 0.3) is 0 Å². The van der Waals surface area contributed by atoms with E-state index in [1.165, 1.54) is 0 Å². The van der Waals surface area contributed by atoms with Crippen LogP contribution < -0.4 is 0 Å². The van der Waals surface area contributed by atoms with Crippen LogP contribution in [-0.2, 0) is 33.4 Å². The van der Waals surface area contributed by atoms with Gasteiger partial charge in [-0.15, -0.1) is 0 Å². The number of carbonyl (C=O) groups is 4. The van der Waals surface area contributed by atoms with Crippen LogP contribution in [0.5, 0.6) is 0 Å². The third kappa shape index (κ3) is 2.47. The summed E-state index contributed by atoms with van der Waals surface area (Å²) in [4.78, 5) is 58.8. The molecule has 0 aromatic rings. The monoisotopic (exact) mass is 525 g/mol. The van der Waals surface area contributed by atoms with E-state index in [1.807, 2.05) is 13.8 Å². The summed E-state index contributed by atoms with van der Waals surface area (Å²) < 4.78 is 18.9. The van der Waals surface area contributed by atoms with Crippen LogP contribution in [-0.4, -0.2) is 71.4 Å². The van der Waals surface area contributed by atoms with Gasteiger partial charge < -0.3 is 14.2 Å². The van der Waals surface area contributed by atoms with E-state index in [-0.39, 0.29) is 61.4 Å². The summed E-state index contributed by atoms with van der Waals surface area (Å²) in [6, 6.07) is -0.496. The zero-order chi connectivity index (χ0) is 26.6. The molecule has 3 saturated carbocycles. The second-order valence-corrected chi connectivity index (χ2v) is 14.9. The molecular weight excluding hydrogens is 486 g/mol. The first kappa shape index (κ1) is 24.2. The third-order valence-electron chi connectivity index (χ3n) is 13.1. The Morgan fingerprint density at radius 1 is 0.974 bits per heavy atom. The highest BCUT2D eigenvalue weighted by atomic mass is 16.5. The van der Waals surface area contributed by atoms with Crippen molar-refractivity contribution in [1.82, 2.24) is 4.90 Å². The Labute approximate surface area is 223 Å². The van der Waals surface area contributed by atoms with Gasteiger partial charge in [-0.2, -0.15) is 0 Å². The number of nitrogens with zero attached hydrogens (tertiary/aromatic N) is 1. The minimum atomic E-state index is -1.12. The summed E-state index contributed by atoms with van der Waals surface area (Å²) in [6.45, 7) is 9.27. The molecule has 4 bridgehead atoms. The van der Waals surface area contributed by atoms with Gasteiger partial charge in [0.2, 0.25) is 0 Å². The predicted octanol–water partition coefficient (Wildman–Crippen LogP) is 2.70. The zero-order valence-corrected chi connectivity index (χ0v) is 22.9. The van der Waals surface area contributed by atoms with E-state index < -0.39 is 51.4 Å². The number of ketones is 3. The Balaban J connectivity index is 1.37. The molecule has 3 spiro atoms. The highest BCUT2D eigenvalue weighted by Crippen LogP contribution is 2.74. The number of Topliss-reactive ketones (excluding diaryl/α,β-unsaturated/α-hetero) is 3. The largest absolute Gasteiger partial charge is 0.465 e. The van der Waals surface area contributed by atoms with E-state index in [2.05, 4.69) is 18.7 Å². The van der Waals surface area contributed by atoms with E-state index in [1.54, 1.807) is 0 Å². The molecular formula is C30H39NO7. The Morgan fingerprint density at radius 3 is 2.50 bits per heavy atom. The number of hydrogen-bond donors (Lipinski definition) is 0. The lowest BCUT2D eigenvalue weighted by Crippen LogP contribution is -2.82. The van der Waals surface area contributed by atoms with Crippen LogP contribution in [0, 0.1) is 45.8 Å². The van der Waals surface area contributed by atoms with Gasteiger partial charge in [0.25, 0.3) is 0 Å². The summed E-state index contributed by atoms with van der Waals surface area (Å²) in [5.41, 5.74) is -3.64. The normalized spacial score (nSPS) is 58.9. The first-order valence-electron chi connectivity index (χ1n) is 14.7. The van der Waals surface area contributed by atoms with Gasteiger partial charge in [-0.3, -0.25) is 24.1 Å². The molecule has 8 aliphatic rings. The van der Waals surface area contributed by atoms with Crippen molar-refractivity contribution in [1.29, 1.82) is 0 Å². The molecule has 8 rings (SSSR count). The number of fused-ring (bicyclic) bond motifs is 6. The number of carbonyl (C=O) groups excluding carboxylic acids is 4. The first-order chi connectivity index (χ1) is 17.9. The van der Waals surface area contributed by atoms with Gasteiger partial charge in [-0.25, -0.2) is 0 Å². The van der Waals surface area contributed by atoms with Gasteiger partial charge in [0, 0.05) is 41.5 Å². The average Bonchev–Trinajstić information content (AvgIpc) is 3.36. The maximum Gasteiger partial charge on any atom is 0.306 e. The van der Waals surface area contributed by atoms with Crippen molar-refractivity contribution in [2.45, 2.75) is 96.1 Å². The Morgan fingerprint density at radius 2 is 1.76 bits per heavy atom. The highest BCUT2D eigenvalue weighted by molar-refractivity contribution is 6.04. The molecule has 206 valence electrons. The molecule has 5 heterocycles. The van der Waals surface area contributed by atoms with Crippen molar-refractivity contribution in [3.8, 4) is 0 Å². The minimum Gasteiger partial charge on any atom is -0.465 e. The molecule has 0 aromatic carbocycles. The smallest absolute Gasteiger partial charge is 0.306 e. The molecule has 12 atom stereocenters. The summed E-state index contributed by atoms with van der Waals surface area (Å²) in [5.74, 6) is -1.59. The first-order valence-corrected chi connectivity index (χ1v) is 14.7. The van der Waals surface area contributed by atoms with Crippen molar-refractivity contribution in [3.05, 3.63) is 0 Å². The SMILES string of the molecule is C[C@H]1C[C@@H]2CN3[C@H]4C(=O)[C@@]56CO[C@]7(C)CC(=O)[C@@H]([C@H]5C7)[C@@H](C)C(=O)[C@@H]6[C@@]5(COC(=O)C5)[C@]4(C)CCC3(C1)O2. The molecule has 8 heteroatoms. The molecule has 1 unspecified atom stereocenters. The quantitative estimate of drug-likeness (QED) is 0.445. The topological polar surface area (TPSA) is 99.2 Å². The lowest BCUT2D eigenvalue weighted by Gasteiger charge is -2.72. The van der Waals surface area contributed by atoms with Gasteiger partial charge in [0.05, 0.1) is 42.8 Å². The van der Waals surface area contributed by atoms with Gasteiger partial charge in [0.15, 0.2) is 5.78 Å². The standard InChI is InChI=1S/C30H39NO7/c1-15-7-17-12-31-24-25(35)30-14-37-26(3)9-18(30)21(19(32)10-26)16(2)22(34)23(30)28(11-20(33)36-13-28)27(24,4)5-6-29(31,8-15)38-17/h15-18,21,23-24H,5-14H2,1-4H3/t15-,16+,17+,18+,21+,23+,24-,26-,27+,28+,29?,30-/m0/s1. The predicted molar refractivity (Wildman–Crippen MR) is 133 cm³/mol. The summed E-state index contributed by atoms with van der Waals surface area (Å²) in [5, 5.41) is 0. The number of ether oxygens (including phenoxy) is 3. The van der Waals surface area contributed by atoms with Crippen LogP contribution in [0.4, 0.5) is 0 Å². The number of cyclic esters (lactones) is 1. The Hall–Kier alpha value is -1.64. The van der Waals surface area contributed by atoms with Gasteiger partial charge in [-0.1, -0.05) is 20.8 Å². The molecule has 5 aliphatic heterocycles. The number of hydrogen-bond acceptors (Lipinski definition) is 8. The lowest BCUT2D eigenvalue weighted by atomic mass is 9.33. The van der Waals surface area contributed by atoms with Crippen molar-refractivity contribution in [3.63, 3.8) is 0 Å². The second-order valence-electron chi connectivity index (χ2n) is 14.9. The Kier molecular flexibility index (Phi) is 4.44. The molecule has 3 aliphatic carbocycles. The number of rotatable bonds is 0. The zero-order valence-electron chi connectivity index (χ0n) is 22.9. The maximum atomic E-state index is 15.4. The van der Waals surface area contributed by atoms with Gasteiger partial charge in [0.1, 0.15) is 17.3 Å². The van der Waals surface area contributed by atoms with Crippen molar-refractivity contribution >= 4 is 23.3 Å². The number of esters is 1. The van der Waals surface area contributed by atoms with E-state index >= 15 is 4.79 Å². The van der Waals surface area contributed by atoms with Crippen LogP contribution in [0.15, 0.2) is 0 Å². The molecule has 8 fully saturated rings. The van der Waals surface area contributed by atoms with Crippen LogP contribution in [0.1, 0.15) is 72.6 Å². The highest BCUT2D eigenvalue weighted by Gasteiger charge is 2.82. The van der Waals surface area contributed by atoms with Crippen LogP contribution >= 0.6 is 0 Å². The third-order valence-corrected chi connectivity index (χ3v) is 13.1. The van der Waals surface area contributed by atoms with Crippen molar-refractivity contribution in [2.75, 3.05) is 19.8 Å². The van der Waals surface area contributed by atoms with Crippen molar-refractivity contribution in [2.24, 2.45) is 45.8 Å². The molecule has 38 heavy (non-hydrogen) atoms.